The van der Waals surface area contributed by atoms with E-state index in [0.717, 1.165) is 30.6 Å². The third-order valence-electron chi connectivity index (χ3n) is 3.22. The first-order valence-corrected chi connectivity index (χ1v) is 6.23. The molecule has 0 unspecified atom stereocenters. The highest BCUT2D eigenvalue weighted by Gasteiger charge is 2.31. The molecule has 4 nitrogen and oxygen atoms in total. The van der Waals surface area contributed by atoms with Crippen LogP contribution in [-0.2, 0) is 4.74 Å². The Bertz CT molecular complexity index is 441. The number of methoxy groups -OCH3 is 1. The second-order valence-electron chi connectivity index (χ2n) is 4.74. The van der Waals surface area contributed by atoms with Crippen LogP contribution in [0.5, 0.6) is 0 Å². The first-order chi connectivity index (χ1) is 8.63. The van der Waals surface area contributed by atoms with Gasteiger partial charge in [-0.1, -0.05) is 11.6 Å². The number of benzene rings is 1. The van der Waals surface area contributed by atoms with Crippen molar-refractivity contribution < 1.29 is 14.6 Å². The molecule has 18 heavy (non-hydrogen) atoms. The summed E-state index contributed by atoms with van der Waals surface area (Å²) in [6.07, 6.45) is 2.27. The van der Waals surface area contributed by atoms with Crippen LogP contribution in [0.25, 0.3) is 0 Å². The molecule has 0 aliphatic heterocycles. The molecule has 1 saturated carbocycles. The SMILES string of the molecule is COCCN(c1ccc(C)cc1C(=O)O)C1CC1. The molecule has 1 fully saturated rings. The molecule has 0 bridgehead atoms. The lowest BCUT2D eigenvalue weighted by molar-refractivity contribution is 0.0697. The predicted octanol–water partition coefficient (Wildman–Crippen LogP) is 2.31. The van der Waals surface area contributed by atoms with Gasteiger partial charge in [0.2, 0.25) is 0 Å². The number of carbonyl (C=O) groups is 1. The van der Waals surface area contributed by atoms with Crippen LogP contribution in [0.1, 0.15) is 28.8 Å². The lowest BCUT2D eigenvalue weighted by Crippen LogP contribution is -2.30. The van der Waals surface area contributed by atoms with Gasteiger partial charge in [-0.15, -0.1) is 0 Å². The van der Waals surface area contributed by atoms with Crippen molar-refractivity contribution in [3.63, 3.8) is 0 Å². The molecule has 0 aromatic heterocycles. The average molecular weight is 249 g/mol. The van der Waals surface area contributed by atoms with Gasteiger partial charge in [0.05, 0.1) is 17.9 Å². The predicted molar refractivity (Wildman–Crippen MR) is 70.4 cm³/mol. The summed E-state index contributed by atoms with van der Waals surface area (Å²) < 4.78 is 5.11. The first-order valence-electron chi connectivity index (χ1n) is 6.23. The Morgan fingerprint density at radius 1 is 1.50 bits per heavy atom. The monoisotopic (exact) mass is 249 g/mol. The van der Waals surface area contributed by atoms with E-state index in [4.69, 9.17) is 4.74 Å². The molecule has 1 aliphatic rings. The van der Waals surface area contributed by atoms with E-state index in [-0.39, 0.29) is 0 Å². The summed E-state index contributed by atoms with van der Waals surface area (Å²) in [5, 5.41) is 9.31. The van der Waals surface area contributed by atoms with Gasteiger partial charge in [0.25, 0.3) is 0 Å². The summed E-state index contributed by atoms with van der Waals surface area (Å²) >= 11 is 0. The van der Waals surface area contributed by atoms with Crippen LogP contribution < -0.4 is 4.90 Å². The van der Waals surface area contributed by atoms with Gasteiger partial charge in [0.1, 0.15) is 0 Å². The third-order valence-corrected chi connectivity index (χ3v) is 3.22. The summed E-state index contributed by atoms with van der Waals surface area (Å²) in [4.78, 5) is 13.5. The molecule has 0 saturated heterocycles. The number of carboxylic acids is 1. The van der Waals surface area contributed by atoms with E-state index in [9.17, 15) is 9.90 Å². The van der Waals surface area contributed by atoms with Crippen molar-refractivity contribution in [2.45, 2.75) is 25.8 Å². The van der Waals surface area contributed by atoms with Gasteiger partial charge in [-0.05, 0) is 31.9 Å². The third kappa shape index (κ3) is 2.82. The van der Waals surface area contributed by atoms with E-state index in [1.54, 1.807) is 13.2 Å². The number of hydrogen-bond acceptors (Lipinski definition) is 3. The standard InChI is InChI=1S/C14H19NO3/c1-10-3-6-13(12(9-10)14(16)17)15(7-8-18-2)11-4-5-11/h3,6,9,11H,4-5,7-8H2,1-2H3,(H,16,17). The van der Waals surface area contributed by atoms with Crippen molar-refractivity contribution in [1.29, 1.82) is 0 Å². The Balaban J connectivity index is 2.30. The van der Waals surface area contributed by atoms with Gasteiger partial charge < -0.3 is 14.7 Å². The topological polar surface area (TPSA) is 49.8 Å². The maximum Gasteiger partial charge on any atom is 0.337 e. The van der Waals surface area contributed by atoms with Crippen LogP contribution in [-0.4, -0.2) is 37.4 Å². The fourth-order valence-corrected chi connectivity index (χ4v) is 2.15. The van der Waals surface area contributed by atoms with E-state index in [2.05, 4.69) is 4.90 Å². The molecule has 2 rings (SSSR count). The minimum atomic E-state index is -0.864. The van der Waals surface area contributed by atoms with Crippen molar-refractivity contribution in [3.05, 3.63) is 29.3 Å². The smallest absolute Gasteiger partial charge is 0.337 e. The molecule has 0 radical (unpaired) electrons. The van der Waals surface area contributed by atoms with Gasteiger partial charge in [0, 0.05) is 19.7 Å². The fourth-order valence-electron chi connectivity index (χ4n) is 2.15. The van der Waals surface area contributed by atoms with Crippen LogP contribution in [0.4, 0.5) is 5.69 Å². The van der Waals surface area contributed by atoms with Gasteiger partial charge in [-0.2, -0.15) is 0 Å². The van der Waals surface area contributed by atoms with Crippen LogP contribution in [0.2, 0.25) is 0 Å². The van der Waals surface area contributed by atoms with Crippen molar-refractivity contribution >= 4 is 11.7 Å². The van der Waals surface area contributed by atoms with E-state index in [0.29, 0.717) is 18.2 Å². The molecule has 98 valence electrons. The number of aryl methyl sites for hydroxylation is 1. The minimum absolute atomic E-state index is 0.387. The molecule has 1 aromatic carbocycles. The molecule has 1 aliphatic carbocycles. The number of hydrogen-bond donors (Lipinski definition) is 1. The molecule has 0 atom stereocenters. The van der Waals surface area contributed by atoms with E-state index >= 15 is 0 Å². The maximum atomic E-state index is 11.3. The molecule has 0 amide bonds. The quantitative estimate of drug-likeness (QED) is 0.840. The maximum absolute atomic E-state index is 11.3. The zero-order valence-electron chi connectivity index (χ0n) is 10.8. The molecule has 4 heteroatoms. The molecule has 1 N–H and O–H groups in total. The lowest BCUT2D eigenvalue weighted by atomic mass is 10.1. The fraction of sp³-hybridized carbons (Fsp3) is 0.500. The summed E-state index contributed by atoms with van der Waals surface area (Å²) in [6.45, 7) is 3.26. The average Bonchev–Trinajstić information content (AvgIpc) is 3.15. The van der Waals surface area contributed by atoms with Crippen molar-refractivity contribution in [2.24, 2.45) is 0 Å². The van der Waals surface area contributed by atoms with Crippen molar-refractivity contribution in [2.75, 3.05) is 25.2 Å². The van der Waals surface area contributed by atoms with E-state index in [1.807, 2.05) is 19.1 Å². The number of nitrogens with zero attached hydrogens (tertiary/aromatic N) is 1. The largest absolute Gasteiger partial charge is 0.478 e. The van der Waals surface area contributed by atoms with Crippen molar-refractivity contribution in [1.82, 2.24) is 0 Å². The molecular formula is C14H19NO3. The summed E-state index contributed by atoms with van der Waals surface area (Å²) in [5.41, 5.74) is 2.17. The van der Waals surface area contributed by atoms with Gasteiger partial charge in [-0.3, -0.25) is 0 Å². The Morgan fingerprint density at radius 3 is 2.78 bits per heavy atom. The van der Waals surface area contributed by atoms with E-state index in [1.165, 1.54) is 0 Å². The molecule has 1 aromatic rings. The normalized spacial score (nSPS) is 14.6. The molecule has 0 heterocycles. The Hall–Kier alpha value is -1.55. The highest BCUT2D eigenvalue weighted by atomic mass is 16.5. The van der Waals surface area contributed by atoms with Gasteiger partial charge >= 0.3 is 5.97 Å². The Kier molecular flexibility index (Phi) is 3.87. The van der Waals surface area contributed by atoms with E-state index < -0.39 is 5.97 Å². The Labute approximate surface area is 107 Å². The second kappa shape index (κ2) is 5.40. The second-order valence-corrected chi connectivity index (χ2v) is 4.74. The lowest BCUT2D eigenvalue weighted by Gasteiger charge is -2.26. The summed E-state index contributed by atoms with van der Waals surface area (Å²) in [5.74, 6) is -0.864. The van der Waals surface area contributed by atoms with Crippen LogP contribution in [0.3, 0.4) is 0 Å². The van der Waals surface area contributed by atoms with Crippen LogP contribution in [0, 0.1) is 6.92 Å². The number of rotatable bonds is 6. The number of aromatic carboxylic acids is 1. The zero-order valence-corrected chi connectivity index (χ0v) is 10.8. The number of ether oxygens (including phenoxy) is 1. The van der Waals surface area contributed by atoms with Crippen LogP contribution in [0.15, 0.2) is 18.2 Å². The first kappa shape index (κ1) is 12.9. The van der Waals surface area contributed by atoms with Crippen molar-refractivity contribution in [3.8, 4) is 0 Å². The minimum Gasteiger partial charge on any atom is -0.478 e. The van der Waals surface area contributed by atoms with Crippen LogP contribution >= 0.6 is 0 Å². The molecular weight excluding hydrogens is 230 g/mol. The van der Waals surface area contributed by atoms with Gasteiger partial charge in [-0.25, -0.2) is 4.79 Å². The highest BCUT2D eigenvalue weighted by molar-refractivity contribution is 5.94. The molecule has 0 spiro atoms. The zero-order chi connectivity index (χ0) is 13.1. The number of anilines is 1. The number of carboxylic acid groups (broad SMARTS) is 1. The summed E-state index contributed by atoms with van der Waals surface area (Å²) in [7, 11) is 1.67. The summed E-state index contributed by atoms with van der Waals surface area (Å²) in [6, 6.07) is 6.08. The highest BCUT2D eigenvalue weighted by Crippen LogP contribution is 2.33. The van der Waals surface area contributed by atoms with Gasteiger partial charge in [0.15, 0.2) is 0 Å². The Morgan fingerprint density at radius 2 is 2.22 bits per heavy atom.